The van der Waals surface area contributed by atoms with Crippen molar-refractivity contribution in [1.82, 2.24) is 10.2 Å². The van der Waals surface area contributed by atoms with Gasteiger partial charge in [0.2, 0.25) is 0 Å². The van der Waals surface area contributed by atoms with Crippen LogP contribution in [-0.2, 0) is 4.79 Å². The Morgan fingerprint density at radius 3 is 2.50 bits per heavy atom. The highest BCUT2D eigenvalue weighted by atomic mass is 35.5. The van der Waals surface area contributed by atoms with Gasteiger partial charge in [-0.2, -0.15) is 0 Å². The quantitative estimate of drug-likeness (QED) is 0.757. The van der Waals surface area contributed by atoms with Crippen LogP contribution in [0, 0.1) is 13.8 Å². The highest BCUT2D eigenvalue weighted by molar-refractivity contribution is 6.31. The number of nitrogens with one attached hydrogen (secondary N) is 1. The number of carbonyl (C=O) groups is 2. The molecule has 0 bridgehead atoms. The average Bonchev–Trinajstić information content (AvgIpc) is 2.74. The Kier molecular flexibility index (Phi) is 7.21. The molecule has 3 rings (SSSR count). The Hall–Kier alpha value is -2.73. The van der Waals surface area contributed by atoms with Crippen molar-refractivity contribution in [2.24, 2.45) is 0 Å². The number of benzene rings is 2. The van der Waals surface area contributed by atoms with Gasteiger partial charge in [-0.3, -0.25) is 9.59 Å². The van der Waals surface area contributed by atoms with Crippen LogP contribution < -0.4 is 14.8 Å². The van der Waals surface area contributed by atoms with Crippen molar-refractivity contribution < 1.29 is 19.1 Å². The maximum atomic E-state index is 12.6. The number of hydrogen-bond acceptors (Lipinski definition) is 4. The minimum atomic E-state index is -0.225. The molecule has 2 aromatic carbocycles. The van der Waals surface area contributed by atoms with E-state index in [-0.39, 0.29) is 24.5 Å². The number of likely N-dealkylation sites (tertiary alicyclic amines) is 1. The molecule has 0 saturated carbocycles. The monoisotopic (exact) mass is 430 g/mol. The Bertz CT molecular complexity index is 923. The van der Waals surface area contributed by atoms with E-state index in [1.165, 1.54) is 12.7 Å². The van der Waals surface area contributed by atoms with Crippen molar-refractivity contribution in [1.29, 1.82) is 0 Å². The van der Waals surface area contributed by atoms with Crippen molar-refractivity contribution in [2.75, 3.05) is 26.8 Å². The summed E-state index contributed by atoms with van der Waals surface area (Å²) in [6.45, 7) is 5.22. The van der Waals surface area contributed by atoms with Gasteiger partial charge in [0.25, 0.3) is 11.8 Å². The Morgan fingerprint density at radius 2 is 1.83 bits per heavy atom. The van der Waals surface area contributed by atoms with Crippen LogP contribution in [0.2, 0.25) is 5.02 Å². The lowest BCUT2D eigenvalue weighted by molar-refractivity contribution is -0.134. The van der Waals surface area contributed by atoms with Crippen molar-refractivity contribution >= 4 is 23.4 Å². The molecule has 0 aromatic heterocycles. The van der Waals surface area contributed by atoms with Gasteiger partial charge in [-0.1, -0.05) is 17.7 Å². The molecule has 0 unspecified atom stereocenters. The SMILES string of the molecule is COc1ccc(Cl)cc1C(=O)NC1CCN(C(=O)COc2ccc(C)c(C)c2)CC1. The van der Waals surface area contributed by atoms with Gasteiger partial charge in [-0.05, 0) is 68.1 Å². The van der Waals surface area contributed by atoms with Gasteiger partial charge in [-0.25, -0.2) is 0 Å². The summed E-state index contributed by atoms with van der Waals surface area (Å²) >= 11 is 6.01. The first kappa shape index (κ1) is 22.0. The Morgan fingerprint density at radius 1 is 1.10 bits per heavy atom. The lowest BCUT2D eigenvalue weighted by atomic mass is 10.0. The van der Waals surface area contributed by atoms with E-state index >= 15 is 0 Å². The predicted octanol–water partition coefficient (Wildman–Crippen LogP) is 3.77. The minimum Gasteiger partial charge on any atom is -0.496 e. The fraction of sp³-hybridized carbons (Fsp3) is 0.391. The van der Waals surface area contributed by atoms with Gasteiger partial charge < -0.3 is 19.7 Å². The van der Waals surface area contributed by atoms with Crippen LogP contribution in [0.5, 0.6) is 11.5 Å². The highest BCUT2D eigenvalue weighted by Crippen LogP contribution is 2.23. The second-order valence-corrected chi connectivity index (χ2v) is 7.94. The lowest BCUT2D eigenvalue weighted by Crippen LogP contribution is -2.47. The molecule has 0 aliphatic carbocycles. The molecule has 1 saturated heterocycles. The molecule has 0 radical (unpaired) electrons. The number of carbonyl (C=O) groups excluding carboxylic acids is 2. The smallest absolute Gasteiger partial charge is 0.260 e. The van der Waals surface area contributed by atoms with Gasteiger partial charge in [0, 0.05) is 24.2 Å². The van der Waals surface area contributed by atoms with E-state index in [4.69, 9.17) is 21.1 Å². The summed E-state index contributed by atoms with van der Waals surface area (Å²) in [5.74, 6) is 0.906. The highest BCUT2D eigenvalue weighted by Gasteiger charge is 2.25. The molecular formula is C23H27ClN2O4. The summed E-state index contributed by atoms with van der Waals surface area (Å²) in [6, 6.07) is 10.7. The maximum Gasteiger partial charge on any atom is 0.260 e. The van der Waals surface area contributed by atoms with Gasteiger partial charge >= 0.3 is 0 Å². The number of ether oxygens (including phenoxy) is 2. The average molecular weight is 431 g/mol. The lowest BCUT2D eigenvalue weighted by Gasteiger charge is -2.32. The number of methoxy groups -OCH3 is 1. The van der Waals surface area contributed by atoms with E-state index in [1.54, 1.807) is 23.1 Å². The molecule has 0 spiro atoms. The van der Waals surface area contributed by atoms with Crippen LogP contribution in [0.1, 0.15) is 34.3 Å². The second-order valence-electron chi connectivity index (χ2n) is 7.51. The summed E-state index contributed by atoms with van der Waals surface area (Å²) in [4.78, 5) is 26.9. The van der Waals surface area contributed by atoms with E-state index in [1.807, 2.05) is 32.0 Å². The second kappa shape index (κ2) is 9.85. The van der Waals surface area contributed by atoms with Crippen LogP contribution in [0.3, 0.4) is 0 Å². The van der Waals surface area contributed by atoms with Crippen LogP contribution in [0.15, 0.2) is 36.4 Å². The summed E-state index contributed by atoms with van der Waals surface area (Å²) in [5.41, 5.74) is 2.73. The number of aryl methyl sites for hydroxylation is 2. The van der Waals surface area contributed by atoms with E-state index in [0.717, 1.165) is 5.56 Å². The topological polar surface area (TPSA) is 67.9 Å². The third-order valence-corrected chi connectivity index (χ3v) is 5.66. The normalized spacial score (nSPS) is 14.3. The molecule has 1 fully saturated rings. The molecule has 1 heterocycles. The van der Waals surface area contributed by atoms with Gasteiger partial charge in [-0.15, -0.1) is 0 Å². The number of amides is 2. The van der Waals surface area contributed by atoms with Crippen LogP contribution in [-0.4, -0.2) is 49.6 Å². The van der Waals surface area contributed by atoms with E-state index in [2.05, 4.69) is 5.32 Å². The van der Waals surface area contributed by atoms with Crippen LogP contribution >= 0.6 is 11.6 Å². The van der Waals surface area contributed by atoms with E-state index in [9.17, 15) is 9.59 Å². The molecule has 1 aliphatic rings. The molecule has 0 atom stereocenters. The number of halogens is 1. The third-order valence-electron chi connectivity index (χ3n) is 5.43. The fourth-order valence-corrected chi connectivity index (χ4v) is 3.61. The first-order valence-corrected chi connectivity index (χ1v) is 10.4. The van der Waals surface area contributed by atoms with Crippen molar-refractivity contribution in [3.05, 3.63) is 58.1 Å². The van der Waals surface area contributed by atoms with Crippen LogP contribution in [0.4, 0.5) is 0 Å². The number of nitrogens with zero attached hydrogens (tertiary/aromatic N) is 1. The number of hydrogen-bond donors (Lipinski definition) is 1. The van der Waals surface area contributed by atoms with Crippen molar-refractivity contribution in [3.63, 3.8) is 0 Å². The van der Waals surface area contributed by atoms with Crippen molar-refractivity contribution in [2.45, 2.75) is 32.7 Å². The molecule has 160 valence electrons. The zero-order valence-electron chi connectivity index (χ0n) is 17.5. The zero-order chi connectivity index (χ0) is 21.7. The first-order valence-electron chi connectivity index (χ1n) is 9.99. The number of piperidine rings is 1. The van der Waals surface area contributed by atoms with Crippen molar-refractivity contribution in [3.8, 4) is 11.5 Å². The Labute approximate surface area is 182 Å². The van der Waals surface area contributed by atoms with E-state index in [0.29, 0.717) is 48.0 Å². The molecule has 6 nitrogen and oxygen atoms in total. The first-order chi connectivity index (χ1) is 14.4. The Balaban J connectivity index is 1.48. The summed E-state index contributed by atoms with van der Waals surface area (Å²) in [6.07, 6.45) is 1.37. The summed E-state index contributed by atoms with van der Waals surface area (Å²) in [5, 5.41) is 3.50. The van der Waals surface area contributed by atoms with E-state index < -0.39 is 0 Å². The van der Waals surface area contributed by atoms with Gasteiger partial charge in [0.1, 0.15) is 11.5 Å². The molecule has 2 amide bonds. The largest absolute Gasteiger partial charge is 0.496 e. The summed E-state index contributed by atoms with van der Waals surface area (Å²) in [7, 11) is 1.52. The fourth-order valence-electron chi connectivity index (χ4n) is 3.43. The molecule has 1 N–H and O–H groups in total. The van der Waals surface area contributed by atoms with Gasteiger partial charge in [0.15, 0.2) is 6.61 Å². The molecule has 7 heteroatoms. The zero-order valence-corrected chi connectivity index (χ0v) is 18.3. The third kappa shape index (κ3) is 5.45. The molecular weight excluding hydrogens is 404 g/mol. The van der Waals surface area contributed by atoms with Gasteiger partial charge in [0.05, 0.1) is 12.7 Å². The van der Waals surface area contributed by atoms with Crippen LogP contribution in [0.25, 0.3) is 0 Å². The number of rotatable bonds is 6. The maximum absolute atomic E-state index is 12.6. The molecule has 1 aliphatic heterocycles. The molecule has 30 heavy (non-hydrogen) atoms. The molecule has 2 aromatic rings. The standard InChI is InChI=1S/C23H27ClN2O4/c1-15-4-6-19(12-16(15)2)30-14-22(27)26-10-8-18(9-11-26)25-23(28)20-13-17(24)5-7-21(20)29-3/h4-7,12-13,18H,8-11,14H2,1-3H3,(H,25,28). The minimum absolute atomic E-state index is 0.00842. The summed E-state index contributed by atoms with van der Waals surface area (Å²) < 4.78 is 10.9. The predicted molar refractivity (Wildman–Crippen MR) is 116 cm³/mol.